The molecule has 278 valence electrons. The van der Waals surface area contributed by atoms with E-state index >= 15 is 0 Å². The second kappa shape index (κ2) is 13.8. The summed E-state index contributed by atoms with van der Waals surface area (Å²) in [5, 5.41) is 11.8. The third kappa shape index (κ3) is 5.63. The summed E-state index contributed by atoms with van der Waals surface area (Å²) in [5.74, 6) is 0.705. The Bertz CT molecular complexity index is 3670. The van der Waals surface area contributed by atoms with Crippen molar-refractivity contribution in [1.29, 1.82) is 0 Å². The molecule has 0 saturated carbocycles. The fourth-order valence-electron chi connectivity index (χ4n) is 9.16. The Morgan fingerprint density at radius 2 is 0.833 bits per heavy atom. The standard InChI is InChI=1S/C57H35N3/c1-2-16-38-33-42(31-30-36(38)14-1)55-51-35-50(45-23-5-6-24-46(45)54(51)48-25-7-9-28-52(48)58-55)41-20-11-18-39(32-41)40-19-12-21-43(34-40)57-59-53-29-10-8-26-49(53)56(60-57)47-27-13-17-37-15-3-4-22-44(37)47/h1-35H. The van der Waals surface area contributed by atoms with Gasteiger partial charge in [0, 0.05) is 38.2 Å². The molecule has 0 spiro atoms. The van der Waals surface area contributed by atoms with Gasteiger partial charge in [0.05, 0.1) is 22.4 Å². The molecule has 10 aromatic carbocycles. The van der Waals surface area contributed by atoms with Gasteiger partial charge in [-0.05, 0) is 91.0 Å². The molecule has 0 aliphatic carbocycles. The predicted molar refractivity (Wildman–Crippen MR) is 252 cm³/mol. The number of hydrogen-bond acceptors (Lipinski definition) is 3. The Morgan fingerprint density at radius 3 is 1.65 bits per heavy atom. The minimum absolute atomic E-state index is 0.705. The van der Waals surface area contributed by atoms with Crippen LogP contribution in [0.3, 0.4) is 0 Å². The Labute approximate surface area is 346 Å². The van der Waals surface area contributed by atoms with Gasteiger partial charge in [0.2, 0.25) is 0 Å². The van der Waals surface area contributed by atoms with E-state index < -0.39 is 0 Å². The van der Waals surface area contributed by atoms with Crippen LogP contribution >= 0.6 is 0 Å². The van der Waals surface area contributed by atoms with Crippen molar-refractivity contribution >= 4 is 64.9 Å². The first-order valence-electron chi connectivity index (χ1n) is 20.4. The molecule has 0 N–H and O–H groups in total. The zero-order valence-corrected chi connectivity index (χ0v) is 32.5. The molecule has 0 fully saturated rings. The normalized spacial score (nSPS) is 11.7. The fraction of sp³-hybridized carbons (Fsp3) is 0. The van der Waals surface area contributed by atoms with Gasteiger partial charge in [-0.25, -0.2) is 15.0 Å². The summed E-state index contributed by atoms with van der Waals surface area (Å²) in [7, 11) is 0. The molecule has 0 aliphatic heterocycles. The first kappa shape index (κ1) is 34.1. The third-order valence-corrected chi connectivity index (χ3v) is 12.0. The maximum absolute atomic E-state index is 5.37. The highest BCUT2D eigenvalue weighted by molar-refractivity contribution is 6.25. The van der Waals surface area contributed by atoms with Crippen molar-refractivity contribution in [3.05, 3.63) is 212 Å². The van der Waals surface area contributed by atoms with Gasteiger partial charge in [-0.3, -0.25) is 0 Å². The lowest BCUT2D eigenvalue weighted by molar-refractivity contribution is 1.23. The van der Waals surface area contributed by atoms with Gasteiger partial charge >= 0.3 is 0 Å². The molecule has 3 heteroatoms. The molecule has 0 radical (unpaired) electrons. The summed E-state index contributed by atoms with van der Waals surface area (Å²) in [6.45, 7) is 0. The molecular weight excluding hydrogens is 727 g/mol. The maximum atomic E-state index is 5.37. The van der Waals surface area contributed by atoms with E-state index in [0.717, 1.165) is 72.0 Å². The molecule has 60 heavy (non-hydrogen) atoms. The van der Waals surface area contributed by atoms with E-state index in [-0.39, 0.29) is 0 Å². The highest BCUT2D eigenvalue weighted by Gasteiger charge is 2.18. The van der Waals surface area contributed by atoms with E-state index in [1.807, 2.05) is 6.07 Å². The van der Waals surface area contributed by atoms with Crippen molar-refractivity contribution in [1.82, 2.24) is 15.0 Å². The first-order chi connectivity index (χ1) is 29.7. The monoisotopic (exact) mass is 761 g/mol. The van der Waals surface area contributed by atoms with E-state index in [9.17, 15) is 0 Å². The summed E-state index contributed by atoms with van der Waals surface area (Å²) in [4.78, 5) is 15.8. The van der Waals surface area contributed by atoms with Crippen molar-refractivity contribution in [2.45, 2.75) is 0 Å². The summed E-state index contributed by atoms with van der Waals surface area (Å²) >= 11 is 0. The van der Waals surface area contributed by atoms with Gasteiger partial charge in [-0.1, -0.05) is 176 Å². The number of hydrogen-bond donors (Lipinski definition) is 0. The van der Waals surface area contributed by atoms with Crippen LogP contribution in [0, 0.1) is 0 Å². The number of benzene rings is 10. The highest BCUT2D eigenvalue weighted by atomic mass is 14.9. The van der Waals surface area contributed by atoms with Crippen LogP contribution in [0.25, 0.3) is 121 Å². The van der Waals surface area contributed by atoms with Crippen LogP contribution in [-0.2, 0) is 0 Å². The summed E-state index contributed by atoms with van der Waals surface area (Å²) in [5.41, 5.74) is 11.6. The van der Waals surface area contributed by atoms with Gasteiger partial charge < -0.3 is 0 Å². The molecule has 0 bridgehead atoms. The van der Waals surface area contributed by atoms with Gasteiger partial charge in [0.15, 0.2) is 5.82 Å². The van der Waals surface area contributed by atoms with Crippen molar-refractivity contribution < 1.29 is 0 Å². The number of fused-ring (bicyclic) bond motifs is 8. The molecule has 0 amide bonds. The Hall–Kier alpha value is -8.01. The summed E-state index contributed by atoms with van der Waals surface area (Å²) < 4.78 is 0. The number of aromatic nitrogens is 3. The fourth-order valence-corrected chi connectivity index (χ4v) is 9.16. The average molecular weight is 762 g/mol. The van der Waals surface area contributed by atoms with Crippen LogP contribution in [0.2, 0.25) is 0 Å². The van der Waals surface area contributed by atoms with Crippen molar-refractivity contribution in [2.24, 2.45) is 0 Å². The molecular formula is C57H35N3. The molecule has 0 unspecified atom stereocenters. The van der Waals surface area contributed by atoms with Crippen molar-refractivity contribution in [3.63, 3.8) is 0 Å². The molecule has 3 nitrogen and oxygen atoms in total. The topological polar surface area (TPSA) is 38.7 Å². The lowest BCUT2D eigenvalue weighted by Crippen LogP contribution is -1.96. The van der Waals surface area contributed by atoms with Crippen LogP contribution in [-0.4, -0.2) is 15.0 Å². The second-order valence-electron chi connectivity index (χ2n) is 15.5. The van der Waals surface area contributed by atoms with Crippen molar-refractivity contribution in [2.75, 3.05) is 0 Å². The zero-order valence-electron chi connectivity index (χ0n) is 32.5. The maximum Gasteiger partial charge on any atom is 0.160 e. The van der Waals surface area contributed by atoms with Crippen LogP contribution in [0.5, 0.6) is 0 Å². The molecule has 0 atom stereocenters. The van der Waals surface area contributed by atoms with E-state index in [2.05, 4.69) is 206 Å². The van der Waals surface area contributed by atoms with E-state index in [1.54, 1.807) is 0 Å². The minimum Gasteiger partial charge on any atom is -0.247 e. The minimum atomic E-state index is 0.705. The SMILES string of the molecule is c1cc(-c2cccc(-c3cc4c(-c5ccc6ccccc6c5)nc5ccccc5c4c4ccccc34)c2)cc(-c2nc(-c3cccc4ccccc34)c3ccccc3n2)c1. The highest BCUT2D eigenvalue weighted by Crippen LogP contribution is 2.43. The Kier molecular flexibility index (Phi) is 7.85. The summed E-state index contributed by atoms with van der Waals surface area (Å²) in [6, 6.07) is 75.8. The third-order valence-electron chi connectivity index (χ3n) is 12.0. The number of para-hydroxylation sites is 2. The Balaban J connectivity index is 1.02. The quantitative estimate of drug-likeness (QED) is 0.164. The molecule has 2 heterocycles. The van der Waals surface area contributed by atoms with Crippen molar-refractivity contribution in [3.8, 4) is 56.2 Å². The molecule has 12 aromatic rings. The number of pyridine rings is 1. The molecule has 12 rings (SSSR count). The van der Waals surface area contributed by atoms with Crippen LogP contribution in [0.4, 0.5) is 0 Å². The van der Waals surface area contributed by atoms with Crippen LogP contribution in [0.15, 0.2) is 212 Å². The second-order valence-corrected chi connectivity index (χ2v) is 15.5. The zero-order chi connectivity index (χ0) is 39.6. The number of rotatable bonds is 5. The lowest BCUT2D eigenvalue weighted by atomic mass is 9.89. The lowest BCUT2D eigenvalue weighted by Gasteiger charge is -2.17. The number of nitrogens with zero attached hydrogens (tertiary/aromatic N) is 3. The first-order valence-corrected chi connectivity index (χ1v) is 20.4. The molecule has 2 aromatic heterocycles. The van der Waals surface area contributed by atoms with Gasteiger partial charge in [-0.2, -0.15) is 0 Å². The smallest absolute Gasteiger partial charge is 0.160 e. The average Bonchev–Trinajstić information content (AvgIpc) is 3.32. The largest absolute Gasteiger partial charge is 0.247 e. The van der Waals surface area contributed by atoms with Gasteiger partial charge in [0.1, 0.15) is 0 Å². The van der Waals surface area contributed by atoms with Crippen LogP contribution < -0.4 is 0 Å². The van der Waals surface area contributed by atoms with Crippen LogP contribution in [0.1, 0.15) is 0 Å². The molecule has 0 aliphatic rings. The van der Waals surface area contributed by atoms with E-state index in [1.165, 1.54) is 43.3 Å². The van der Waals surface area contributed by atoms with Gasteiger partial charge in [0.25, 0.3) is 0 Å². The summed E-state index contributed by atoms with van der Waals surface area (Å²) in [6.07, 6.45) is 0. The van der Waals surface area contributed by atoms with E-state index in [0.29, 0.717) is 5.82 Å². The van der Waals surface area contributed by atoms with E-state index in [4.69, 9.17) is 15.0 Å². The Morgan fingerprint density at radius 1 is 0.250 bits per heavy atom. The molecule has 0 saturated heterocycles. The van der Waals surface area contributed by atoms with Gasteiger partial charge in [-0.15, -0.1) is 0 Å². The predicted octanol–water partition coefficient (Wildman–Crippen LogP) is 15.1.